The molecule has 1 aliphatic rings. The molecule has 0 spiro atoms. The fraction of sp³-hybridized carbons (Fsp3) is 0.333. The van der Waals surface area contributed by atoms with Crippen LogP contribution in [0.2, 0.25) is 0 Å². The lowest BCUT2D eigenvalue weighted by Crippen LogP contribution is -2.36. The van der Waals surface area contributed by atoms with Crippen molar-refractivity contribution < 1.29 is 13.9 Å². The molecule has 4 rings (SSSR count). The zero-order valence-electron chi connectivity index (χ0n) is 17.3. The number of aromatic nitrogens is 1. The lowest BCUT2D eigenvalue weighted by Gasteiger charge is -2.26. The van der Waals surface area contributed by atoms with Gasteiger partial charge >= 0.3 is 0 Å². The third-order valence-corrected chi connectivity index (χ3v) is 5.27. The molecule has 0 aliphatic carbocycles. The molecule has 6 nitrogen and oxygen atoms in total. The second kappa shape index (κ2) is 9.13. The first kappa shape index (κ1) is 20.2. The Kier molecular flexibility index (Phi) is 6.14. The van der Waals surface area contributed by atoms with Crippen molar-refractivity contribution in [3.8, 4) is 5.75 Å². The molecule has 0 bridgehead atoms. The molecule has 0 atom stereocenters. The highest BCUT2D eigenvalue weighted by Crippen LogP contribution is 2.26. The third kappa shape index (κ3) is 4.54. The maximum absolute atomic E-state index is 13.2. The topological polar surface area (TPSA) is 81.6 Å². The molecular formula is C24H27N3O3. The van der Waals surface area contributed by atoms with Gasteiger partial charge in [0.05, 0.1) is 12.1 Å². The summed E-state index contributed by atoms with van der Waals surface area (Å²) in [6, 6.07) is 16.0. The van der Waals surface area contributed by atoms with E-state index >= 15 is 0 Å². The molecule has 1 amide bonds. The highest BCUT2D eigenvalue weighted by molar-refractivity contribution is 5.97. The van der Waals surface area contributed by atoms with E-state index in [1.807, 2.05) is 48.2 Å². The first-order valence-corrected chi connectivity index (χ1v) is 10.4. The number of oxazole rings is 1. The molecule has 1 aromatic heterocycles. The number of carbonyl (C=O) groups excluding carboxylic acids is 1. The zero-order valence-corrected chi connectivity index (χ0v) is 17.3. The van der Waals surface area contributed by atoms with Crippen LogP contribution in [0.4, 0.5) is 0 Å². The molecule has 2 heterocycles. The summed E-state index contributed by atoms with van der Waals surface area (Å²) in [5.74, 6) is 2.15. The number of benzene rings is 2. The van der Waals surface area contributed by atoms with Gasteiger partial charge in [0, 0.05) is 25.9 Å². The van der Waals surface area contributed by atoms with Gasteiger partial charge in [0.2, 0.25) is 0 Å². The Morgan fingerprint density at radius 2 is 2.03 bits per heavy atom. The Bertz CT molecular complexity index is 1010. The van der Waals surface area contributed by atoms with Gasteiger partial charge in [0.1, 0.15) is 23.8 Å². The molecule has 0 saturated carbocycles. The van der Waals surface area contributed by atoms with Crippen LogP contribution in [0, 0.1) is 6.92 Å². The molecule has 2 aromatic carbocycles. The highest BCUT2D eigenvalue weighted by Gasteiger charge is 2.27. The Morgan fingerprint density at radius 3 is 2.83 bits per heavy atom. The fourth-order valence-corrected chi connectivity index (χ4v) is 3.70. The predicted molar refractivity (Wildman–Crippen MR) is 115 cm³/mol. The molecule has 30 heavy (non-hydrogen) atoms. The second-order valence-electron chi connectivity index (χ2n) is 7.58. The van der Waals surface area contributed by atoms with E-state index in [2.05, 4.69) is 17.1 Å². The number of ether oxygens (including phenoxy) is 1. The van der Waals surface area contributed by atoms with Crippen LogP contribution >= 0.6 is 0 Å². The predicted octanol–water partition coefficient (Wildman–Crippen LogP) is 3.30. The maximum atomic E-state index is 13.2. The van der Waals surface area contributed by atoms with Crippen LogP contribution < -0.4 is 10.5 Å². The van der Waals surface area contributed by atoms with E-state index in [9.17, 15) is 4.79 Å². The summed E-state index contributed by atoms with van der Waals surface area (Å²) >= 11 is 0. The summed E-state index contributed by atoms with van der Waals surface area (Å²) in [7, 11) is 0. The van der Waals surface area contributed by atoms with Gasteiger partial charge < -0.3 is 19.8 Å². The van der Waals surface area contributed by atoms with Gasteiger partial charge in [-0.3, -0.25) is 4.79 Å². The normalized spacial score (nSPS) is 13.2. The van der Waals surface area contributed by atoms with Crippen molar-refractivity contribution in [3.05, 3.63) is 82.6 Å². The Morgan fingerprint density at radius 1 is 1.20 bits per heavy atom. The quantitative estimate of drug-likeness (QED) is 0.652. The summed E-state index contributed by atoms with van der Waals surface area (Å²) in [4.78, 5) is 19.7. The number of hydrogen-bond acceptors (Lipinski definition) is 5. The lowest BCUT2D eigenvalue weighted by molar-refractivity contribution is 0.0723. The average Bonchev–Trinajstić information content (AvgIpc) is 3.19. The van der Waals surface area contributed by atoms with Crippen LogP contribution in [0.1, 0.15) is 38.8 Å². The van der Waals surface area contributed by atoms with E-state index in [1.165, 1.54) is 5.56 Å². The van der Waals surface area contributed by atoms with E-state index in [0.717, 1.165) is 35.7 Å². The minimum Gasteiger partial charge on any atom is -0.491 e. The van der Waals surface area contributed by atoms with Crippen LogP contribution in [-0.4, -0.2) is 35.5 Å². The molecule has 0 radical (unpaired) electrons. The van der Waals surface area contributed by atoms with Gasteiger partial charge in [0.15, 0.2) is 5.89 Å². The van der Waals surface area contributed by atoms with E-state index in [1.54, 1.807) is 0 Å². The van der Waals surface area contributed by atoms with Crippen molar-refractivity contribution in [2.24, 2.45) is 5.73 Å². The molecule has 3 aromatic rings. The Hall–Kier alpha value is -3.12. The molecule has 0 unspecified atom stereocenters. The molecule has 156 valence electrons. The standard InChI is InChI=1S/C24H27N3O3/c1-17-7-9-21(29-14-12-25)19(15-17)24(28)27-13-11-22-20(16-27)26-23(30-22)10-8-18-5-3-2-4-6-18/h2-7,9,15H,8,10-14,16,25H2,1H3. The Balaban J connectivity index is 1.46. The Labute approximate surface area is 176 Å². The van der Waals surface area contributed by atoms with Crippen LogP contribution in [0.3, 0.4) is 0 Å². The number of fused-ring (bicyclic) bond motifs is 1. The molecule has 2 N–H and O–H groups in total. The van der Waals surface area contributed by atoms with E-state index < -0.39 is 0 Å². The summed E-state index contributed by atoms with van der Waals surface area (Å²) in [6.07, 6.45) is 2.30. The van der Waals surface area contributed by atoms with Crippen molar-refractivity contribution in [2.75, 3.05) is 19.7 Å². The van der Waals surface area contributed by atoms with Crippen LogP contribution in [0.25, 0.3) is 0 Å². The minimum absolute atomic E-state index is 0.0507. The molecule has 1 aliphatic heterocycles. The van der Waals surface area contributed by atoms with Crippen LogP contribution in [0.5, 0.6) is 5.75 Å². The third-order valence-electron chi connectivity index (χ3n) is 5.27. The summed E-state index contributed by atoms with van der Waals surface area (Å²) in [6.45, 7) is 3.80. The largest absolute Gasteiger partial charge is 0.491 e. The van der Waals surface area contributed by atoms with Crippen LogP contribution in [-0.2, 0) is 25.8 Å². The smallest absolute Gasteiger partial charge is 0.257 e. The van der Waals surface area contributed by atoms with Crippen LogP contribution in [0.15, 0.2) is 52.9 Å². The van der Waals surface area contributed by atoms with E-state index in [0.29, 0.717) is 44.0 Å². The van der Waals surface area contributed by atoms with Crippen molar-refractivity contribution in [1.82, 2.24) is 9.88 Å². The molecule has 0 saturated heterocycles. The van der Waals surface area contributed by atoms with Gasteiger partial charge in [0.25, 0.3) is 5.91 Å². The minimum atomic E-state index is -0.0507. The fourth-order valence-electron chi connectivity index (χ4n) is 3.70. The summed E-state index contributed by atoms with van der Waals surface area (Å²) < 4.78 is 11.7. The average molecular weight is 405 g/mol. The van der Waals surface area contributed by atoms with Gasteiger partial charge in [-0.2, -0.15) is 0 Å². The highest BCUT2D eigenvalue weighted by atomic mass is 16.5. The summed E-state index contributed by atoms with van der Waals surface area (Å²) in [5, 5.41) is 0. The zero-order chi connectivity index (χ0) is 20.9. The van der Waals surface area contributed by atoms with E-state index in [4.69, 9.17) is 14.9 Å². The van der Waals surface area contributed by atoms with Gasteiger partial charge in [-0.25, -0.2) is 4.98 Å². The van der Waals surface area contributed by atoms with Gasteiger partial charge in [-0.15, -0.1) is 0 Å². The van der Waals surface area contributed by atoms with Gasteiger partial charge in [-0.05, 0) is 31.0 Å². The molecule has 6 heteroatoms. The van der Waals surface area contributed by atoms with Crippen molar-refractivity contribution in [2.45, 2.75) is 32.7 Å². The van der Waals surface area contributed by atoms with Crippen molar-refractivity contribution >= 4 is 5.91 Å². The van der Waals surface area contributed by atoms with E-state index in [-0.39, 0.29) is 5.91 Å². The monoisotopic (exact) mass is 405 g/mol. The number of nitrogens with zero attached hydrogens (tertiary/aromatic N) is 2. The first-order chi connectivity index (χ1) is 14.6. The number of hydrogen-bond donors (Lipinski definition) is 1. The molecule has 0 fully saturated rings. The number of rotatable bonds is 7. The second-order valence-corrected chi connectivity index (χ2v) is 7.58. The lowest BCUT2D eigenvalue weighted by atomic mass is 10.1. The number of nitrogens with two attached hydrogens (primary N) is 1. The SMILES string of the molecule is Cc1ccc(OCCN)c(C(=O)N2CCc3oc(CCc4ccccc4)nc3C2)c1. The van der Waals surface area contributed by atoms with Crippen molar-refractivity contribution in [3.63, 3.8) is 0 Å². The molecular weight excluding hydrogens is 378 g/mol. The first-order valence-electron chi connectivity index (χ1n) is 10.4. The maximum Gasteiger partial charge on any atom is 0.257 e. The number of amides is 1. The number of carbonyl (C=O) groups is 1. The summed E-state index contributed by atoms with van der Waals surface area (Å²) in [5.41, 5.74) is 9.25. The van der Waals surface area contributed by atoms with Gasteiger partial charge in [-0.1, -0.05) is 42.0 Å². The van der Waals surface area contributed by atoms with Crippen molar-refractivity contribution in [1.29, 1.82) is 0 Å². The number of aryl methyl sites for hydroxylation is 3.